The van der Waals surface area contributed by atoms with Crippen LogP contribution in [0.4, 0.5) is 11.6 Å². The van der Waals surface area contributed by atoms with Crippen LogP contribution in [0.2, 0.25) is 0 Å². The molecule has 8 nitrogen and oxygen atoms in total. The minimum atomic E-state index is -3.74. The molecular formula is C26H29N3O5S. The Bertz CT molecular complexity index is 1250. The van der Waals surface area contributed by atoms with Gasteiger partial charge in [-0.15, -0.1) is 0 Å². The van der Waals surface area contributed by atoms with E-state index in [1.165, 1.54) is 23.6 Å². The summed E-state index contributed by atoms with van der Waals surface area (Å²) < 4.78 is 33.3. The summed E-state index contributed by atoms with van der Waals surface area (Å²) in [4.78, 5) is 24.9. The van der Waals surface area contributed by atoms with Gasteiger partial charge in [0.15, 0.2) is 5.88 Å². The number of amides is 2. The number of furan rings is 1. The lowest BCUT2D eigenvalue weighted by atomic mass is 9.49. The van der Waals surface area contributed by atoms with Crippen LogP contribution >= 0.6 is 0 Å². The van der Waals surface area contributed by atoms with Gasteiger partial charge >= 0.3 is 0 Å². The minimum absolute atomic E-state index is 0.0894. The third-order valence-electron chi connectivity index (χ3n) is 8.26. The number of carbonyl (C=O) groups excluding carboxylic acids is 2. The Morgan fingerprint density at radius 1 is 1.00 bits per heavy atom. The van der Waals surface area contributed by atoms with Crippen LogP contribution < -0.4 is 10.6 Å². The van der Waals surface area contributed by atoms with E-state index in [2.05, 4.69) is 17.2 Å². The van der Waals surface area contributed by atoms with Crippen molar-refractivity contribution in [1.29, 1.82) is 0 Å². The number of benzene rings is 1. The average molecular weight is 496 g/mol. The zero-order valence-electron chi connectivity index (χ0n) is 19.5. The molecule has 4 bridgehead atoms. The van der Waals surface area contributed by atoms with Gasteiger partial charge in [0.1, 0.15) is 5.76 Å². The number of carbonyl (C=O) groups is 2. The lowest BCUT2D eigenvalue weighted by Gasteiger charge is -2.55. The van der Waals surface area contributed by atoms with Crippen molar-refractivity contribution in [2.75, 3.05) is 10.6 Å². The van der Waals surface area contributed by atoms with Gasteiger partial charge < -0.3 is 9.73 Å². The quantitative estimate of drug-likeness (QED) is 0.582. The molecule has 2 heterocycles. The molecular weight excluding hydrogens is 466 g/mol. The molecule has 2 aromatic rings. The fourth-order valence-electron chi connectivity index (χ4n) is 7.06. The van der Waals surface area contributed by atoms with Crippen LogP contribution in [0.25, 0.3) is 0 Å². The molecule has 0 saturated heterocycles. The van der Waals surface area contributed by atoms with E-state index < -0.39 is 15.9 Å². The summed E-state index contributed by atoms with van der Waals surface area (Å²) >= 11 is 0. The predicted octanol–water partition coefficient (Wildman–Crippen LogP) is 4.26. The van der Waals surface area contributed by atoms with E-state index in [-0.39, 0.29) is 35.2 Å². The lowest BCUT2D eigenvalue weighted by molar-refractivity contribution is -0.140. The third kappa shape index (κ3) is 3.90. The van der Waals surface area contributed by atoms with Gasteiger partial charge in [-0.1, -0.05) is 6.58 Å². The maximum atomic E-state index is 13.3. The number of sulfonamides is 1. The summed E-state index contributed by atoms with van der Waals surface area (Å²) in [6.45, 7) is 3.65. The molecule has 5 aliphatic rings. The van der Waals surface area contributed by atoms with E-state index in [1.807, 2.05) is 0 Å². The van der Waals surface area contributed by atoms with Crippen LogP contribution in [0.3, 0.4) is 0 Å². The minimum Gasteiger partial charge on any atom is -0.444 e. The van der Waals surface area contributed by atoms with Gasteiger partial charge in [0.05, 0.1) is 16.9 Å². The topological polar surface area (TPSA) is 109 Å². The summed E-state index contributed by atoms with van der Waals surface area (Å²) in [5, 5.41) is 5.62. The highest BCUT2D eigenvalue weighted by Gasteiger charge is 2.54. The molecule has 0 spiro atoms. The average Bonchev–Trinajstić information content (AvgIpc) is 3.38. The van der Waals surface area contributed by atoms with Gasteiger partial charge in [-0.2, -0.15) is 4.31 Å². The summed E-state index contributed by atoms with van der Waals surface area (Å²) in [6, 6.07) is 8.06. The maximum absolute atomic E-state index is 13.3. The smallest absolute Gasteiger partial charge is 0.250 e. The Labute approximate surface area is 204 Å². The monoisotopic (exact) mass is 495 g/mol. The van der Waals surface area contributed by atoms with E-state index in [1.54, 1.807) is 30.3 Å². The van der Waals surface area contributed by atoms with Crippen molar-refractivity contribution in [2.45, 2.75) is 56.5 Å². The van der Waals surface area contributed by atoms with Crippen LogP contribution in [-0.4, -0.2) is 24.5 Å². The highest BCUT2D eigenvalue weighted by Crippen LogP contribution is 2.60. The number of anilines is 2. The Kier molecular flexibility index (Phi) is 5.19. The van der Waals surface area contributed by atoms with Gasteiger partial charge in [0, 0.05) is 23.9 Å². The summed E-state index contributed by atoms with van der Waals surface area (Å²) in [7, 11) is -3.74. The largest absolute Gasteiger partial charge is 0.444 e. The molecule has 2 amide bonds. The molecule has 4 saturated carbocycles. The first kappa shape index (κ1) is 22.5. The first-order chi connectivity index (χ1) is 16.7. The molecule has 184 valence electrons. The number of hydrogen-bond donors (Lipinski definition) is 2. The number of rotatable bonds is 6. The van der Waals surface area contributed by atoms with Crippen molar-refractivity contribution in [3.8, 4) is 0 Å². The maximum Gasteiger partial charge on any atom is 0.250 e. The number of hydrogen-bond acceptors (Lipinski definition) is 5. The fourth-order valence-corrected chi connectivity index (χ4v) is 8.43. The van der Waals surface area contributed by atoms with Crippen LogP contribution in [0.5, 0.6) is 0 Å². The molecule has 35 heavy (non-hydrogen) atoms. The second kappa shape index (κ2) is 8.06. The Balaban J connectivity index is 1.12. The summed E-state index contributed by atoms with van der Waals surface area (Å²) in [6.07, 6.45) is 7.93. The lowest BCUT2D eigenvalue weighted by Crippen LogP contribution is -2.51. The van der Waals surface area contributed by atoms with Crippen LogP contribution in [0, 0.1) is 23.2 Å². The third-order valence-corrected chi connectivity index (χ3v) is 10.1. The van der Waals surface area contributed by atoms with Crippen molar-refractivity contribution in [3.63, 3.8) is 0 Å². The zero-order valence-corrected chi connectivity index (χ0v) is 20.3. The summed E-state index contributed by atoms with van der Waals surface area (Å²) in [5.74, 6) is 2.53. The van der Waals surface area contributed by atoms with Crippen LogP contribution in [-0.2, 0) is 32.7 Å². The Morgan fingerprint density at radius 2 is 1.63 bits per heavy atom. The zero-order chi connectivity index (χ0) is 24.4. The first-order valence-corrected chi connectivity index (χ1v) is 13.6. The molecule has 2 N–H and O–H groups in total. The van der Waals surface area contributed by atoms with Gasteiger partial charge in [-0.25, -0.2) is 8.42 Å². The van der Waals surface area contributed by atoms with Crippen molar-refractivity contribution < 1.29 is 22.4 Å². The van der Waals surface area contributed by atoms with E-state index in [0.717, 1.165) is 25.3 Å². The highest BCUT2D eigenvalue weighted by atomic mass is 32.2. The number of nitrogens with zero attached hydrogens (tertiary/aromatic N) is 1. The van der Waals surface area contributed by atoms with Crippen molar-refractivity contribution in [1.82, 2.24) is 4.31 Å². The summed E-state index contributed by atoms with van der Waals surface area (Å²) in [5.41, 5.74) is 1.09. The standard InChI is InChI=1S/C26H29N3O5S/c1-2-23(30)28-24-10-19-14-29(15-22(19)34-24)35(32,33)21-5-3-20(4-6-21)27-25(31)26-11-16-7-17(12-26)9-18(8-16)13-26/h2-6,10,16-18H,1,7-9,11-15H2,(H,27,31)(H,28,30). The molecule has 9 heteroatoms. The normalized spacial score (nSPS) is 29.1. The van der Waals surface area contributed by atoms with Crippen LogP contribution in [0.15, 0.2) is 52.3 Å². The molecule has 1 aromatic carbocycles. The molecule has 4 aliphatic carbocycles. The fraction of sp³-hybridized carbons (Fsp3) is 0.462. The Morgan fingerprint density at radius 3 is 2.20 bits per heavy atom. The van der Waals surface area contributed by atoms with Crippen molar-refractivity contribution in [2.24, 2.45) is 23.2 Å². The van der Waals surface area contributed by atoms with E-state index in [0.29, 0.717) is 34.8 Å². The highest BCUT2D eigenvalue weighted by molar-refractivity contribution is 7.89. The number of fused-ring (bicyclic) bond motifs is 1. The number of nitrogens with one attached hydrogen (secondary N) is 2. The molecule has 1 aromatic heterocycles. The van der Waals surface area contributed by atoms with E-state index in [4.69, 9.17) is 4.42 Å². The van der Waals surface area contributed by atoms with Gasteiger partial charge in [-0.05, 0) is 86.6 Å². The second-order valence-electron chi connectivity index (χ2n) is 10.7. The molecule has 4 fully saturated rings. The van der Waals surface area contributed by atoms with E-state index >= 15 is 0 Å². The predicted molar refractivity (Wildman–Crippen MR) is 130 cm³/mol. The van der Waals surface area contributed by atoms with Gasteiger partial charge in [0.25, 0.3) is 0 Å². The second-order valence-corrected chi connectivity index (χ2v) is 12.6. The SMILES string of the molecule is C=CC(=O)Nc1cc2c(o1)CN(S(=O)(=O)c1ccc(NC(=O)C34CC5CC(CC(C5)C3)C4)cc1)C2. The molecule has 0 radical (unpaired) electrons. The first-order valence-electron chi connectivity index (χ1n) is 12.2. The van der Waals surface area contributed by atoms with Gasteiger partial charge in [-0.3, -0.25) is 14.9 Å². The van der Waals surface area contributed by atoms with Crippen molar-refractivity contribution >= 4 is 33.4 Å². The van der Waals surface area contributed by atoms with E-state index in [9.17, 15) is 18.0 Å². The van der Waals surface area contributed by atoms with Gasteiger partial charge in [0.2, 0.25) is 21.8 Å². The molecule has 0 unspecified atom stereocenters. The Hall–Kier alpha value is -2.91. The molecule has 1 aliphatic heterocycles. The van der Waals surface area contributed by atoms with Crippen molar-refractivity contribution in [3.05, 3.63) is 54.3 Å². The molecule has 0 atom stereocenters. The molecule has 7 rings (SSSR count). The van der Waals surface area contributed by atoms with Crippen LogP contribution in [0.1, 0.15) is 49.8 Å².